The molecule has 1 rings (SSSR count). The Morgan fingerprint density at radius 2 is 1.39 bits per heavy atom. The molecule has 0 aliphatic rings. The zero-order valence-corrected chi connectivity index (χ0v) is 18.4. The summed E-state index contributed by atoms with van der Waals surface area (Å²) in [4.78, 5) is 11.9. The number of primary amides is 1. The molecule has 0 aliphatic carbocycles. The molecule has 28 heavy (non-hydrogen) atoms. The van der Waals surface area contributed by atoms with Gasteiger partial charge in [-0.05, 0) is 43.6 Å². The first-order chi connectivity index (χ1) is 13.7. The van der Waals surface area contributed by atoms with Gasteiger partial charge >= 0.3 is 0 Å². The number of amides is 1. The number of carbonyl (C=O) groups excluding carboxylic acids is 1. The monoisotopic (exact) mass is 385 g/mol. The van der Waals surface area contributed by atoms with Crippen LogP contribution in [0.15, 0.2) is 42.5 Å². The van der Waals surface area contributed by atoms with Crippen molar-refractivity contribution in [3.8, 4) is 0 Å². The molecule has 2 heteroatoms. The largest absolute Gasteiger partial charge is 0.369 e. The SMILES string of the molecule is CCCCCCCC/C=C\CCCCCCC(C(N)=O)C(C)c1ccccc1. The van der Waals surface area contributed by atoms with Crippen LogP contribution >= 0.6 is 0 Å². The molecule has 0 aromatic heterocycles. The summed E-state index contributed by atoms with van der Waals surface area (Å²) >= 11 is 0. The van der Waals surface area contributed by atoms with E-state index in [1.165, 1.54) is 76.2 Å². The third-order valence-electron chi connectivity index (χ3n) is 5.82. The molecule has 2 unspecified atom stereocenters. The van der Waals surface area contributed by atoms with Crippen molar-refractivity contribution in [3.63, 3.8) is 0 Å². The molecule has 0 spiro atoms. The number of rotatable bonds is 17. The van der Waals surface area contributed by atoms with E-state index >= 15 is 0 Å². The van der Waals surface area contributed by atoms with Crippen LogP contribution in [0.2, 0.25) is 0 Å². The van der Waals surface area contributed by atoms with Crippen LogP contribution in [0.3, 0.4) is 0 Å². The maximum atomic E-state index is 11.9. The van der Waals surface area contributed by atoms with Crippen LogP contribution in [0.1, 0.15) is 109 Å². The van der Waals surface area contributed by atoms with Gasteiger partial charge in [-0.2, -0.15) is 0 Å². The molecule has 0 radical (unpaired) electrons. The first kappa shape index (κ1) is 24.5. The molecule has 2 nitrogen and oxygen atoms in total. The van der Waals surface area contributed by atoms with Gasteiger partial charge in [-0.3, -0.25) is 4.79 Å². The molecule has 2 N–H and O–H groups in total. The Bertz CT molecular complexity index is 522. The molecule has 0 aliphatic heterocycles. The average Bonchev–Trinajstić information content (AvgIpc) is 2.71. The Labute approximate surface area is 174 Å². The standard InChI is InChI=1S/C26H43NO/c1-3-4-5-6-7-8-9-10-11-12-13-14-15-19-22-25(26(27)28)23(2)24-20-17-16-18-21-24/h10-11,16-18,20-21,23,25H,3-9,12-15,19,22H2,1-2H3,(H2,27,28)/b11-10-. The van der Waals surface area contributed by atoms with Crippen molar-refractivity contribution in [2.24, 2.45) is 11.7 Å². The van der Waals surface area contributed by atoms with Gasteiger partial charge in [0.05, 0.1) is 0 Å². The predicted octanol–water partition coefficient (Wildman–Crippen LogP) is 7.54. The lowest BCUT2D eigenvalue weighted by Gasteiger charge is -2.21. The topological polar surface area (TPSA) is 43.1 Å². The Balaban J connectivity index is 2.07. The maximum absolute atomic E-state index is 11.9. The van der Waals surface area contributed by atoms with E-state index in [0.717, 1.165) is 12.8 Å². The average molecular weight is 386 g/mol. The van der Waals surface area contributed by atoms with Gasteiger partial charge in [0, 0.05) is 5.92 Å². The van der Waals surface area contributed by atoms with E-state index < -0.39 is 0 Å². The Kier molecular flexibility index (Phi) is 14.3. The summed E-state index contributed by atoms with van der Waals surface area (Å²) in [6.45, 7) is 4.39. The fourth-order valence-corrected chi connectivity index (χ4v) is 3.89. The smallest absolute Gasteiger partial charge is 0.221 e. The van der Waals surface area contributed by atoms with Crippen molar-refractivity contribution in [1.29, 1.82) is 0 Å². The van der Waals surface area contributed by atoms with Crippen molar-refractivity contribution < 1.29 is 4.79 Å². The number of allylic oxidation sites excluding steroid dienone is 2. The third kappa shape index (κ3) is 11.3. The molecule has 2 atom stereocenters. The number of nitrogens with two attached hydrogens (primary N) is 1. The van der Waals surface area contributed by atoms with Crippen molar-refractivity contribution in [3.05, 3.63) is 48.0 Å². The van der Waals surface area contributed by atoms with E-state index in [1.54, 1.807) is 0 Å². The van der Waals surface area contributed by atoms with Gasteiger partial charge in [0.15, 0.2) is 0 Å². The minimum atomic E-state index is -0.158. The second kappa shape index (κ2) is 16.4. The van der Waals surface area contributed by atoms with Crippen LogP contribution < -0.4 is 5.73 Å². The highest BCUT2D eigenvalue weighted by Crippen LogP contribution is 2.28. The predicted molar refractivity (Wildman–Crippen MR) is 122 cm³/mol. The van der Waals surface area contributed by atoms with Crippen LogP contribution in [0, 0.1) is 5.92 Å². The van der Waals surface area contributed by atoms with Crippen molar-refractivity contribution in [2.45, 2.75) is 103 Å². The van der Waals surface area contributed by atoms with Crippen molar-refractivity contribution in [2.75, 3.05) is 0 Å². The van der Waals surface area contributed by atoms with Crippen LogP contribution in [0.25, 0.3) is 0 Å². The van der Waals surface area contributed by atoms with Gasteiger partial charge in [0.2, 0.25) is 5.91 Å². The Morgan fingerprint density at radius 3 is 1.96 bits per heavy atom. The molecule has 0 saturated carbocycles. The molecule has 1 aromatic rings. The first-order valence-electron chi connectivity index (χ1n) is 11.7. The molecule has 1 amide bonds. The van der Waals surface area contributed by atoms with Crippen LogP contribution in [-0.4, -0.2) is 5.91 Å². The molecular weight excluding hydrogens is 342 g/mol. The number of hydrogen-bond donors (Lipinski definition) is 1. The van der Waals surface area contributed by atoms with E-state index in [2.05, 4.69) is 38.1 Å². The molecule has 1 aromatic carbocycles. The van der Waals surface area contributed by atoms with E-state index in [0.29, 0.717) is 0 Å². The van der Waals surface area contributed by atoms with E-state index in [1.807, 2.05) is 18.2 Å². The fourth-order valence-electron chi connectivity index (χ4n) is 3.89. The van der Waals surface area contributed by atoms with E-state index in [-0.39, 0.29) is 17.7 Å². The van der Waals surface area contributed by atoms with E-state index in [9.17, 15) is 4.79 Å². The number of benzene rings is 1. The van der Waals surface area contributed by atoms with Gasteiger partial charge in [-0.25, -0.2) is 0 Å². The summed E-state index contributed by atoms with van der Waals surface area (Å²) in [6, 6.07) is 10.3. The first-order valence-corrected chi connectivity index (χ1v) is 11.7. The lowest BCUT2D eigenvalue weighted by atomic mass is 9.83. The quantitative estimate of drug-likeness (QED) is 0.218. The zero-order valence-electron chi connectivity index (χ0n) is 18.4. The fraction of sp³-hybridized carbons (Fsp3) is 0.654. The normalized spacial score (nSPS) is 13.6. The summed E-state index contributed by atoms with van der Waals surface area (Å²) in [5.41, 5.74) is 6.89. The lowest BCUT2D eigenvalue weighted by molar-refractivity contribution is -0.122. The molecule has 0 bridgehead atoms. The zero-order chi connectivity index (χ0) is 20.5. The molecule has 0 saturated heterocycles. The van der Waals surface area contributed by atoms with Crippen LogP contribution in [-0.2, 0) is 4.79 Å². The van der Waals surface area contributed by atoms with E-state index in [4.69, 9.17) is 5.73 Å². The molecule has 158 valence electrons. The van der Waals surface area contributed by atoms with Crippen LogP contribution in [0.4, 0.5) is 0 Å². The summed E-state index contributed by atoms with van der Waals surface area (Å²) in [5.74, 6) is -0.0165. The highest BCUT2D eigenvalue weighted by Gasteiger charge is 2.23. The summed E-state index contributed by atoms with van der Waals surface area (Å²) in [5, 5.41) is 0. The Morgan fingerprint density at radius 1 is 0.857 bits per heavy atom. The second-order valence-electron chi connectivity index (χ2n) is 8.23. The van der Waals surface area contributed by atoms with Crippen molar-refractivity contribution >= 4 is 5.91 Å². The van der Waals surface area contributed by atoms with Crippen LogP contribution in [0.5, 0.6) is 0 Å². The second-order valence-corrected chi connectivity index (χ2v) is 8.23. The molecular formula is C26H43NO. The summed E-state index contributed by atoms with van der Waals surface area (Å²) < 4.78 is 0. The van der Waals surface area contributed by atoms with Gasteiger partial charge in [-0.1, -0.05) is 108 Å². The number of unbranched alkanes of at least 4 members (excludes halogenated alkanes) is 10. The van der Waals surface area contributed by atoms with Crippen molar-refractivity contribution in [1.82, 2.24) is 0 Å². The third-order valence-corrected chi connectivity index (χ3v) is 5.82. The van der Waals surface area contributed by atoms with Gasteiger partial charge < -0.3 is 5.73 Å². The van der Waals surface area contributed by atoms with Gasteiger partial charge in [-0.15, -0.1) is 0 Å². The molecule has 0 fully saturated rings. The van der Waals surface area contributed by atoms with Gasteiger partial charge in [0.25, 0.3) is 0 Å². The molecule has 0 heterocycles. The summed E-state index contributed by atoms with van der Waals surface area (Å²) in [6.07, 6.45) is 21.1. The lowest BCUT2D eigenvalue weighted by Crippen LogP contribution is -2.27. The highest BCUT2D eigenvalue weighted by atomic mass is 16.1. The summed E-state index contributed by atoms with van der Waals surface area (Å²) in [7, 11) is 0. The highest BCUT2D eigenvalue weighted by molar-refractivity contribution is 5.77. The number of hydrogen-bond acceptors (Lipinski definition) is 1. The van der Waals surface area contributed by atoms with Gasteiger partial charge in [0.1, 0.15) is 0 Å². The number of carbonyl (C=O) groups is 1. The maximum Gasteiger partial charge on any atom is 0.221 e. The Hall–Kier alpha value is -1.57. The minimum absolute atomic E-state index is 0.0559. The minimum Gasteiger partial charge on any atom is -0.369 e.